The molecule has 4 rings (SSSR count). The van der Waals surface area contributed by atoms with Crippen LogP contribution in [0.2, 0.25) is 0 Å². The number of aromatic nitrogens is 1. The maximum atomic E-state index is 13.4. The molecule has 1 aliphatic heterocycles. The first-order valence-electron chi connectivity index (χ1n) is 9.56. The van der Waals surface area contributed by atoms with E-state index in [9.17, 15) is 19.1 Å². The average Bonchev–Trinajstić information content (AvgIpc) is 3.09. The number of carbonyl (C=O) groups is 2. The largest absolute Gasteiger partial charge is 0.505 e. The number of phenolic OH excluding ortho intramolecular Hbond substituents is 1. The Balaban J connectivity index is 1.28. The van der Waals surface area contributed by atoms with Crippen molar-refractivity contribution in [2.75, 3.05) is 13.1 Å². The molecule has 1 spiro atoms. The smallest absolute Gasteiger partial charge is 0.255 e. The van der Waals surface area contributed by atoms with Crippen LogP contribution in [0.4, 0.5) is 4.39 Å². The van der Waals surface area contributed by atoms with Crippen LogP contribution in [0.25, 0.3) is 0 Å². The number of phenols is 1. The first-order chi connectivity index (χ1) is 13.3. The minimum absolute atomic E-state index is 0.0701. The lowest BCUT2D eigenvalue weighted by atomic mass is 9.60. The van der Waals surface area contributed by atoms with Gasteiger partial charge in [0, 0.05) is 44.1 Å². The molecule has 148 valence electrons. The van der Waals surface area contributed by atoms with E-state index in [1.165, 1.54) is 12.1 Å². The van der Waals surface area contributed by atoms with Gasteiger partial charge in [-0.25, -0.2) is 4.39 Å². The second-order valence-electron chi connectivity index (χ2n) is 8.10. The first-order valence-corrected chi connectivity index (χ1v) is 9.56. The standard InChI is InChI=1S/C21H24FN3O3/c1-24-7-4-15(13-24)20(28)25-8-5-21(6-9-25)11-16(12-21)23-19(27)14-2-3-18(26)17(22)10-14/h2-4,7,10,13,16,26H,5-6,8-9,11-12H2,1H3,(H,23,27). The van der Waals surface area contributed by atoms with Gasteiger partial charge < -0.3 is 19.9 Å². The summed E-state index contributed by atoms with van der Waals surface area (Å²) in [5, 5.41) is 12.2. The number of nitrogens with one attached hydrogen (secondary N) is 1. The van der Waals surface area contributed by atoms with Gasteiger partial charge in [0.25, 0.3) is 11.8 Å². The Labute approximate surface area is 163 Å². The molecule has 2 N–H and O–H groups in total. The highest BCUT2D eigenvalue weighted by Crippen LogP contribution is 2.49. The van der Waals surface area contributed by atoms with Crippen LogP contribution in [0.15, 0.2) is 36.7 Å². The molecule has 0 atom stereocenters. The van der Waals surface area contributed by atoms with Gasteiger partial charge in [-0.1, -0.05) is 0 Å². The van der Waals surface area contributed by atoms with Crippen molar-refractivity contribution in [2.24, 2.45) is 12.5 Å². The van der Waals surface area contributed by atoms with E-state index >= 15 is 0 Å². The van der Waals surface area contributed by atoms with Gasteiger partial charge in [-0.05, 0) is 55.4 Å². The number of halogens is 1. The summed E-state index contributed by atoms with van der Waals surface area (Å²) in [5.74, 6) is -1.51. The van der Waals surface area contributed by atoms with Crippen LogP contribution in [-0.4, -0.2) is 45.5 Å². The summed E-state index contributed by atoms with van der Waals surface area (Å²) in [7, 11) is 1.90. The summed E-state index contributed by atoms with van der Waals surface area (Å²) in [6.07, 6.45) is 7.35. The van der Waals surface area contributed by atoms with E-state index in [4.69, 9.17) is 0 Å². The van der Waals surface area contributed by atoms with Crippen molar-refractivity contribution in [3.05, 3.63) is 53.6 Å². The number of piperidine rings is 1. The SMILES string of the molecule is Cn1ccc(C(=O)N2CCC3(CC2)CC(NC(=O)c2ccc(O)c(F)c2)C3)c1. The molecule has 28 heavy (non-hydrogen) atoms. The monoisotopic (exact) mass is 385 g/mol. The van der Waals surface area contributed by atoms with Crippen molar-refractivity contribution in [2.45, 2.75) is 31.7 Å². The highest BCUT2D eigenvalue weighted by molar-refractivity contribution is 5.95. The van der Waals surface area contributed by atoms with Gasteiger partial charge in [0.2, 0.25) is 0 Å². The molecule has 0 radical (unpaired) electrons. The highest BCUT2D eigenvalue weighted by atomic mass is 19.1. The van der Waals surface area contributed by atoms with Gasteiger partial charge in [-0.3, -0.25) is 9.59 Å². The number of amides is 2. The predicted octanol–water partition coefficient (Wildman–Crippen LogP) is 2.68. The lowest BCUT2D eigenvalue weighted by Gasteiger charge is -2.52. The van der Waals surface area contributed by atoms with Gasteiger partial charge in [0.1, 0.15) is 0 Å². The zero-order chi connectivity index (χ0) is 19.9. The van der Waals surface area contributed by atoms with Gasteiger partial charge >= 0.3 is 0 Å². The topological polar surface area (TPSA) is 74.6 Å². The van der Waals surface area contributed by atoms with Gasteiger partial charge in [0.15, 0.2) is 11.6 Å². The molecule has 1 aliphatic carbocycles. The van der Waals surface area contributed by atoms with Gasteiger partial charge in [-0.15, -0.1) is 0 Å². The van der Waals surface area contributed by atoms with Crippen LogP contribution in [0, 0.1) is 11.2 Å². The molecule has 1 aromatic carbocycles. The Kier molecular flexibility index (Phi) is 4.61. The molecule has 0 bridgehead atoms. The Morgan fingerprint density at radius 3 is 2.50 bits per heavy atom. The number of aromatic hydroxyl groups is 1. The van der Waals surface area contributed by atoms with Crippen LogP contribution < -0.4 is 5.32 Å². The molecule has 1 aromatic heterocycles. The lowest BCUT2D eigenvalue weighted by molar-refractivity contribution is 0.00863. The Morgan fingerprint density at radius 2 is 1.89 bits per heavy atom. The van der Waals surface area contributed by atoms with Crippen LogP contribution in [-0.2, 0) is 7.05 Å². The number of hydrogen-bond acceptors (Lipinski definition) is 3. The quantitative estimate of drug-likeness (QED) is 0.853. The Hall–Kier alpha value is -2.83. The van der Waals surface area contributed by atoms with E-state index in [1.54, 1.807) is 0 Å². The maximum absolute atomic E-state index is 13.4. The number of nitrogens with zero attached hydrogens (tertiary/aromatic N) is 2. The van der Waals surface area contributed by atoms with Gasteiger partial charge in [0.05, 0.1) is 5.56 Å². The highest BCUT2D eigenvalue weighted by Gasteiger charge is 2.46. The third-order valence-corrected chi connectivity index (χ3v) is 6.09. The minimum Gasteiger partial charge on any atom is -0.505 e. The molecule has 7 heteroatoms. The molecule has 2 aromatic rings. The maximum Gasteiger partial charge on any atom is 0.255 e. The third kappa shape index (κ3) is 3.48. The van der Waals surface area contributed by atoms with Crippen molar-refractivity contribution in [1.82, 2.24) is 14.8 Å². The van der Waals surface area contributed by atoms with E-state index in [0.29, 0.717) is 0 Å². The van der Waals surface area contributed by atoms with Crippen LogP contribution in [0.5, 0.6) is 5.75 Å². The fourth-order valence-electron chi connectivity index (χ4n) is 4.41. The molecule has 1 saturated carbocycles. The van der Waals surface area contributed by atoms with Crippen LogP contribution in [0.3, 0.4) is 0 Å². The van der Waals surface area contributed by atoms with Gasteiger partial charge in [-0.2, -0.15) is 0 Å². The van der Waals surface area contributed by atoms with E-state index in [1.807, 2.05) is 35.0 Å². The number of aryl methyl sites for hydroxylation is 1. The molecule has 2 amide bonds. The van der Waals surface area contributed by atoms with Crippen molar-refractivity contribution in [3.8, 4) is 5.75 Å². The molecule has 2 aliphatic rings. The first kappa shape index (κ1) is 18.5. The molecular formula is C21H24FN3O3. The summed E-state index contributed by atoms with van der Waals surface area (Å²) in [6, 6.07) is 5.56. The number of hydrogen-bond donors (Lipinski definition) is 2. The van der Waals surface area contributed by atoms with Crippen LogP contribution in [0.1, 0.15) is 46.4 Å². The zero-order valence-corrected chi connectivity index (χ0v) is 15.8. The summed E-state index contributed by atoms with van der Waals surface area (Å²) in [6.45, 7) is 1.47. The van der Waals surface area contributed by atoms with Crippen LogP contribution >= 0.6 is 0 Å². The Morgan fingerprint density at radius 1 is 1.18 bits per heavy atom. The zero-order valence-electron chi connectivity index (χ0n) is 15.8. The predicted molar refractivity (Wildman–Crippen MR) is 102 cm³/mol. The van der Waals surface area contributed by atoms with Crippen molar-refractivity contribution in [1.29, 1.82) is 0 Å². The summed E-state index contributed by atoms with van der Waals surface area (Å²) < 4.78 is 15.3. The summed E-state index contributed by atoms with van der Waals surface area (Å²) in [5.41, 5.74) is 1.11. The third-order valence-electron chi connectivity index (χ3n) is 6.09. The number of carbonyl (C=O) groups excluding carboxylic acids is 2. The molecule has 1 saturated heterocycles. The molecule has 2 fully saturated rings. The summed E-state index contributed by atoms with van der Waals surface area (Å²) in [4.78, 5) is 26.7. The summed E-state index contributed by atoms with van der Waals surface area (Å²) >= 11 is 0. The van der Waals surface area contributed by atoms with Crippen molar-refractivity contribution < 1.29 is 19.1 Å². The second kappa shape index (κ2) is 6.96. The van der Waals surface area contributed by atoms with E-state index in [-0.39, 0.29) is 28.8 Å². The number of likely N-dealkylation sites (tertiary alicyclic amines) is 1. The van der Waals surface area contributed by atoms with E-state index < -0.39 is 11.6 Å². The number of rotatable bonds is 3. The molecule has 2 heterocycles. The average molecular weight is 385 g/mol. The normalized spacial score (nSPS) is 18.7. The molecule has 0 unspecified atom stereocenters. The Bertz CT molecular complexity index is 907. The van der Waals surface area contributed by atoms with Crippen molar-refractivity contribution in [3.63, 3.8) is 0 Å². The molecular weight excluding hydrogens is 361 g/mol. The minimum atomic E-state index is -0.798. The lowest BCUT2D eigenvalue weighted by Crippen LogP contribution is -2.55. The van der Waals surface area contributed by atoms with Crippen molar-refractivity contribution >= 4 is 11.8 Å². The second-order valence-corrected chi connectivity index (χ2v) is 8.10. The fourth-order valence-corrected chi connectivity index (χ4v) is 4.41. The van der Waals surface area contributed by atoms with E-state index in [2.05, 4.69) is 5.32 Å². The fraction of sp³-hybridized carbons (Fsp3) is 0.429. The number of benzene rings is 1. The van der Waals surface area contributed by atoms with E-state index in [0.717, 1.165) is 50.4 Å². The molecule has 6 nitrogen and oxygen atoms in total.